The van der Waals surface area contributed by atoms with Crippen LogP contribution in [0.25, 0.3) is 34.1 Å². The Morgan fingerprint density at radius 2 is 1.86 bits per heavy atom. The Morgan fingerprint density at radius 1 is 1.03 bits per heavy atom. The van der Waals surface area contributed by atoms with Crippen molar-refractivity contribution in [2.45, 2.75) is 11.3 Å². The number of hydrogen-bond acceptors (Lipinski definition) is 5. The van der Waals surface area contributed by atoms with Gasteiger partial charge >= 0.3 is 0 Å². The van der Waals surface area contributed by atoms with Crippen molar-refractivity contribution in [1.29, 1.82) is 0 Å². The molecule has 0 saturated carbocycles. The molecule has 3 aromatic heterocycles. The first kappa shape index (κ1) is 22.3. The molecule has 180 valence electrons. The number of aromatic nitrogens is 4. The molecule has 1 aliphatic rings. The van der Waals surface area contributed by atoms with Crippen LogP contribution < -0.4 is 5.32 Å². The summed E-state index contributed by atoms with van der Waals surface area (Å²) in [4.78, 5) is 18.5. The fraction of sp³-hybridized carbons (Fsp3) is 0.0741. The summed E-state index contributed by atoms with van der Waals surface area (Å²) < 4.78 is 24.1. The fourth-order valence-electron chi connectivity index (χ4n) is 4.45. The first-order valence-corrected chi connectivity index (χ1v) is 12.9. The highest BCUT2D eigenvalue weighted by molar-refractivity contribution is 8.27. The summed E-state index contributed by atoms with van der Waals surface area (Å²) in [5.74, 6) is -0.229. The van der Waals surface area contributed by atoms with Gasteiger partial charge in [-0.15, -0.1) is 10.6 Å². The van der Waals surface area contributed by atoms with Gasteiger partial charge in [0.2, 0.25) is 5.91 Å². The number of fused-ring (bicyclic) bond motifs is 2. The summed E-state index contributed by atoms with van der Waals surface area (Å²) >= 11 is 0. The Balaban J connectivity index is 1.35. The van der Waals surface area contributed by atoms with E-state index in [1.165, 1.54) is 5.41 Å². The van der Waals surface area contributed by atoms with Crippen LogP contribution in [0.5, 0.6) is 0 Å². The van der Waals surface area contributed by atoms with Crippen molar-refractivity contribution < 1.29 is 13.9 Å². The third kappa shape index (κ3) is 3.99. The quantitative estimate of drug-likeness (QED) is 0.290. The predicted molar refractivity (Wildman–Crippen MR) is 142 cm³/mol. The molecule has 1 amide bonds. The minimum absolute atomic E-state index is 0.0865. The third-order valence-electron chi connectivity index (χ3n) is 6.20. The first-order chi connectivity index (χ1) is 17.4. The van der Waals surface area contributed by atoms with Crippen LogP contribution in [0.4, 0.5) is 5.69 Å². The molecule has 0 spiro atoms. The largest absolute Gasteiger partial charge is 0.326 e. The number of pyridine rings is 1. The van der Waals surface area contributed by atoms with E-state index in [0.29, 0.717) is 10.6 Å². The van der Waals surface area contributed by atoms with E-state index in [-0.39, 0.29) is 12.3 Å². The van der Waals surface area contributed by atoms with E-state index < -0.39 is 10.6 Å². The van der Waals surface area contributed by atoms with Gasteiger partial charge in [-0.2, -0.15) is 5.10 Å². The molecule has 5 aromatic rings. The van der Waals surface area contributed by atoms with Crippen molar-refractivity contribution in [3.05, 3.63) is 95.9 Å². The molecule has 0 unspecified atom stereocenters. The van der Waals surface area contributed by atoms with Crippen LogP contribution in [0.1, 0.15) is 11.3 Å². The average molecular weight is 498 g/mol. The molecule has 0 aliphatic carbocycles. The maximum atomic E-state index is 13.2. The Bertz CT molecular complexity index is 1650. The summed E-state index contributed by atoms with van der Waals surface area (Å²) in [6.07, 6.45) is 7.45. The van der Waals surface area contributed by atoms with Gasteiger partial charge in [-0.25, -0.2) is 4.98 Å². The number of carbonyl (C=O) groups excluding carboxylic acids is 1. The molecule has 0 atom stereocenters. The van der Waals surface area contributed by atoms with Crippen LogP contribution in [0.15, 0.2) is 89.6 Å². The van der Waals surface area contributed by atoms with Crippen molar-refractivity contribution in [2.75, 3.05) is 5.32 Å². The Kier molecular flexibility index (Phi) is 5.26. The fourth-order valence-corrected chi connectivity index (χ4v) is 5.72. The highest BCUT2D eigenvalue weighted by atomic mass is 32.3. The molecule has 0 saturated heterocycles. The zero-order valence-electron chi connectivity index (χ0n) is 19.4. The zero-order chi connectivity index (χ0) is 24.9. The van der Waals surface area contributed by atoms with Gasteiger partial charge in [0, 0.05) is 41.7 Å². The second-order valence-electron chi connectivity index (χ2n) is 8.69. The molecule has 1 aliphatic heterocycles. The normalized spacial score (nSPS) is 14.6. The molecule has 0 radical (unpaired) electrons. The van der Waals surface area contributed by atoms with Crippen molar-refractivity contribution in [3.8, 4) is 22.4 Å². The van der Waals surface area contributed by atoms with Gasteiger partial charge in [-0.1, -0.05) is 36.4 Å². The molecule has 3 N–H and O–H groups in total. The topological polar surface area (TPSA) is 105 Å². The minimum Gasteiger partial charge on any atom is -0.326 e. The van der Waals surface area contributed by atoms with Crippen LogP contribution in [0, 0.1) is 0 Å². The maximum Gasteiger partial charge on any atom is 0.230 e. The van der Waals surface area contributed by atoms with E-state index in [4.69, 9.17) is 4.98 Å². The highest BCUT2D eigenvalue weighted by Crippen LogP contribution is 2.56. The molecule has 9 heteroatoms. The van der Waals surface area contributed by atoms with Crippen molar-refractivity contribution in [3.63, 3.8) is 0 Å². The number of hydrogen-bond donors (Lipinski definition) is 3. The lowest BCUT2D eigenvalue weighted by Gasteiger charge is -2.25. The average Bonchev–Trinajstić information content (AvgIpc) is 3.55. The first-order valence-electron chi connectivity index (χ1n) is 11.3. The second-order valence-corrected chi connectivity index (χ2v) is 10.6. The van der Waals surface area contributed by atoms with Crippen LogP contribution in [0.3, 0.4) is 0 Å². The molecular formula is C27H23N5O3S. The number of benzene rings is 2. The molecule has 6 rings (SSSR count). The van der Waals surface area contributed by atoms with E-state index in [2.05, 4.69) is 10.4 Å². The Labute approximate surface area is 208 Å². The number of carbonyl (C=O) groups is 1. The van der Waals surface area contributed by atoms with Crippen LogP contribution in [-0.2, 0) is 18.3 Å². The number of amides is 1. The van der Waals surface area contributed by atoms with Crippen molar-refractivity contribution >= 4 is 33.9 Å². The summed E-state index contributed by atoms with van der Waals surface area (Å²) in [5, 5.41) is 8.56. The van der Waals surface area contributed by atoms with Gasteiger partial charge in [-0.3, -0.25) is 18.6 Å². The standard InChI is InChI=1S/C27H23N5O3S/c1-31-17-21(16-28-31)20-9-11-32-23(27(30-25(32)13-20)19-5-3-2-4-6-19)15-26(33)29-22-8-7-18-10-12-36(34,35)24(18)14-22/h2-14,16-17,34-35H,15H2,1H3,(H,29,33). The number of imidazole rings is 1. The number of aryl methyl sites for hydroxylation is 1. The van der Waals surface area contributed by atoms with Crippen molar-refractivity contribution in [1.82, 2.24) is 19.2 Å². The maximum absolute atomic E-state index is 13.2. The summed E-state index contributed by atoms with van der Waals surface area (Å²) in [6.45, 7) is 0. The van der Waals surface area contributed by atoms with Gasteiger partial charge in [0.15, 0.2) is 0 Å². The lowest BCUT2D eigenvalue weighted by Crippen LogP contribution is -2.16. The monoisotopic (exact) mass is 497 g/mol. The van der Waals surface area contributed by atoms with Gasteiger partial charge < -0.3 is 9.72 Å². The number of anilines is 1. The van der Waals surface area contributed by atoms with Gasteiger partial charge in [-0.05, 0) is 41.5 Å². The smallest absolute Gasteiger partial charge is 0.230 e. The minimum atomic E-state index is -2.96. The Hall–Kier alpha value is -4.18. The lowest BCUT2D eigenvalue weighted by molar-refractivity contribution is -0.115. The van der Waals surface area contributed by atoms with E-state index in [9.17, 15) is 13.9 Å². The molecule has 8 nitrogen and oxygen atoms in total. The molecule has 36 heavy (non-hydrogen) atoms. The zero-order valence-corrected chi connectivity index (χ0v) is 20.2. The second kappa shape index (κ2) is 8.49. The third-order valence-corrected chi connectivity index (χ3v) is 7.71. The number of rotatable bonds is 5. The summed E-state index contributed by atoms with van der Waals surface area (Å²) in [5.41, 5.74) is 6.38. The van der Waals surface area contributed by atoms with Gasteiger partial charge in [0.1, 0.15) is 5.65 Å². The molecule has 0 fully saturated rings. The SMILES string of the molecule is Cn1cc(-c2ccn3c(CC(=O)Nc4ccc5c(c4)S(O)(O)C=C5)c(-c4ccccc4)nc3c2)cn1. The van der Waals surface area contributed by atoms with Gasteiger partial charge in [0.25, 0.3) is 0 Å². The van der Waals surface area contributed by atoms with E-state index >= 15 is 0 Å². The van der Waals surface area contributed by atoms with E-state index in [1.54, 1.807) is 29.0 Å². The van der Waals surface area contributed by atoms with E-state index in [0.717, 1.165) is 39.3 Å². The summed E-state index contributed by atoms with van der Waals surface area (Å²) in [6, 6.07) is 18.9. The van der Waals surface area contributed by atoms with E-state index in [1.807, 2.05) is 72.5 Å². The van der Waals surface area contributed by atoms with Crippen LogP contribution in [-0.4, -0.2) is 34.2 Å². The summed E-state index contributed by atoms with van der Waals surface area (Å²) in [7, 11) is -1.09. The molecular weight excluding hydrogens is 474 g/mol. The predicted octanol–water partition coefficient (Wildman–Crippen LogP) is 5.68. The number of nitrogens with one attached hydrogen (secondary N) is 1. The van der Waals surface area contributed by atoms with Crippen LogP contribution >= 0.6 is 10.6 Å². The van der Waals surface area contributed by atoms with Gasteiger partial charge in [0.05, 0.1) is 28.9 Å². The van der Waals surface area contributed by atoms with Crippen molar-refractivity contribution in [2.24, 2.45) is 7.05 Å². The highest BCUT2D eigenvalue weighted by Gasteiger charge is 2.23. The molecule has 4 heterocycles. The Morgan fingerprint density at radius 3 is 2.64 bits per heavy atom. The molecule has 0 bridgehead atoms. The number of nitrogens with zero attached hydrogens (tertiary/aromatic N) is 4. The molecule has 2 aromatic carbocycles. The van der Waals surface area contributed by atoms with Crippen LogP contribution in [0.2, 0.25) is 0 Å². The lowest BCUT2D eigenvalue weighted by atomic mass is 10.1.